The minimum atomic E-state index is -0.305. The summed E-state index contributed by atoms with van der Waals surface area (Å²) in [5, 5.41) is 1.11. The van der Waals surface area contributed by atoms with Crippen LogP contribution < -0.4 is 0 Å². The Balaban J connectivity index is 1.89. The minimum Gasteiger partial charge on any atom is -0.463 e. The molecule has 0 N–H and O–H groups in total. The quantitative estimate of drug-likeness (QED) is 0.347. The van der Waals surface area contributed by atoms with Gasteiger partial charge in [-0.1, -0.05) is 49.9 Å². The first kappa shape index (κ1) is 22.1. The predicted molar refractivity (Wildman–Crippen MR) is 117 cm³/mol. The number of nitrogens with zero attached hydrogens (tertiary/aromatic N) is 3. The van der Waals surface area contributed by atoms with E-state index in [4.69, 9.17) is 14.5 Å². The van der Waals surface area contributed by atoms with Gasteiger partial charge in [0.2, 0.25) is 0 Å². The molecule has 0 radical (unpaired) electrons. The molecule has 0 aliphatic heterocycles. The smallest absolute Gasteiger partial charge is 0.302 e. The van der Waals surface area contributed by atoms with Gasteiger partial charge in [0.05, 0.1) is 18.8 Å². The van der Waals surface area contributed by atoms with Crippen LogP contribution >= 0.6 is 11.8 Å². The monoisotopic (exact) mass is 425 g/mol. The molecule has 158 valence electrons. The molecule has 0 spiro atoms. The third-order valence-corrected chi connectivity index (χ3v) is 5.49. The zero-order valence-corrected chi connectivity index (χ0v) is 18.4. The Bertz CT molecular complexity index is 943. The molecule has 0 aliphatic rings. The van der Waals surface area contributed by atoms with Crippen molar-refractivity contribution in [3.05, 3.63) is 71.9 Å². The fourth-order valence-electron chi connectivity index (χ4n) is 2.94. The number of hydrogen-bond acceptors (Lipinski definition) is 6. The molecule has 0 unspecified atom stereocenters. The van der Waals surface area contributed by atoms with Crippen molar-refractivity contribution in [2.75, 3.05) is 13.2 Å². The number of esters is 1. The largest absolute Gasteiger partial charge is 0.463 e. The Morgan fingerprint density at radius 1 is 1.13 bits per heavy atom. The molecule has 0 saturated heterocycles. The lowest BCUT2D eigenvalue weighted by molar-refractivity contribution is -0.142. The summed E-state index contributed by atoms with van der Waals surface area (Å²) in [7, 11) is 0. The number of ether oxygens (including phenoxy) is 2. The van der Waals surface area contributed by atoms with Crippen molar-refractivity contribution in [3.63, 3.8) is 0 Å². The number of carbonyl (C=O) groups excluding carboxylic acids is 1. The number of imidazole rings is 1. The van der Waals surface area contributed by atoms with Gasteiger partial charge in [-0.3, -0.25) is 9.78 Å². The van der Waals surface area contributed by atoms with E-state index in [1.807, 2.05) is 30.5 Å². The summed E-state index contributed by atoms with van der Waals surface area (Å²) in [6, 6.07) is 14.3. The number of aromatic nitrogens is 3. The van der Waals surface area contributed by atoms with Gasteiger partial charge in [-0.2, -0.15) is 0 Å². The van der Waals surface area contributed by atoms with E-state index < -0.39 is 0 Å². The third-order valence-electron chi connectivity index (χ3n) is 4.36. The number of pyridine rings is 1. The molecule has 3 aromatic rings. The average molecular weight is 426 g/mol. The van der Waals surface area contributed by atoms with Crippen LogP contribution in [0.3, 0.4) is 0 Å². The molecule has 0 atom stereocenters. The number of carbonyl (C=O) groups is 1. The van der Waals surface area contributed by atoms with E-state index in [9.17, 15) is 4.79 Å². The van der Waals surface area contributed by atoms with Crippen LogP contribution in [-0.2, 0) is 27.4 Å². The maximum Gasteiger partial charge on any atom is 0.302 e. The molecule has 1 aromatic carbocycles. The van der Waals surface area contributed by atoms with Gasteiger partial charge in [-0.05, 0) is 29.7 Å². The normalized spacial score (nSPS) is 11.1. The van der Waals surface area contributed by atoms with Crippen LogP contribution in [0.2, 0.25) is 0 Å². The topological polar surface area (TPSA) is 66.2 Å². The molecule has 0 fully saturated rings. The highest BCUT2D eigenvalue weighted by molar-refractivity contribution is 7.99. The first-order chi connectivity index (χ1) is 14.5. The van der Waals surface area contributed by atoms with Crippen LogP contribution in [0.5, 0.6) is 0 Å². The summed E-state index contributed by atoms with van der Waals surface area (Å²) in [5.41, 5.74) is 2.15. The molecule has 0 aliphatic carbocycles. The SMILES string of the molecule is CC(=O)OCCOCc1nc(C(C)C)c(Sc2ccccc2)n1Cc1cccnc1. The highest BCUT2D eigenvalue weighted by Gasteiger charge is 2.21. The molecule has 3 rings (SSSR count). The van der Waals surface area contributed by atoms with Crippen LogP contribution in [0.15, 0.2) is 64.8 Å². The first-order valence-corrected chi connectivity index (χ1v) is 10.8. The van der Waals surface area contributed by atoms with Gasteiger partial charge in [0.25, 0.3) is 0 Å². The maximum absolute atomic E-state index is 10.9. The summed E-state index contributed by atoms with van der Waals surface area (Å²) >= 11 is 1.71. The minimum absolute atomic E-state index is 0.237. The molecule has 0 saturated carbocycles. The van der Waals surface area contributed by atoms with Crippen LogP contribution in [-0.4, -0.2) is 33.7 Å². The Morgan fingerprint density at radius 3 is 2.60 bits per heavy atom. The second-order valence-electron chi connectivity index (χ2n) is 7.13. The molecule has 30 heavy (non-hydrogen) atoms. The van der Waals surface area contributed by atoms with E-state index in [2.05, 4.69) is 41.6 Å². The van der Waals surface area contributed by atoms with Gasteiger partial charge < -0.3 is 14.0 Å². The van der Waals surface area contributed by atoms with Crippen molar-refractivity contribution < 1.29 is 14.3 Å². The van der Waals surface area contributed by atoms with Crippen molar-refractivity contribution in [2.45, 2.75) is 49.8 Å². The van der Waals surface area contributed by atoms with Crippen molar-refractivity contribution >= 4 is 17.7 Å². The van der Waals surface area contributed by atoms with Crippen molar-refractivity contribution in [2.24, 2.45) is 0 Å². The molecular formula is C23H27N3O3S. The van der Waals surface area contributed by atoms with E-state index in [1.54, 1.807) is 18.0 Å². The standard InChI is InChI=1S/C23H27N3O3S/c1-17(2)22-23(30-20-9-5-4-6-10-20)26(15-19-8-7-11-24-14-19)21(25-22)16-28-12-13-29-18(3)27/h4-11,14,17H,12-13,15-16H2,1-3H3. The zero-order valence-electron chi connectivity index (χ0n) is 17.6. The molecule has 7 heteroatoms. The number of benzene rings is 1. The summed E-state index contributed by atoms with van der Waals surface area (Å²) in [5.74, 6) is 0.815. The molecule has 0 bridgehead atoms. The van der Waals surface area contributed by atoms with Gasteiger partial charge in [0.1, 0.15) is 24.1 Å². The lowest BCUT2D eigenvalue weighted by Crippen LogP contribution is -2.11. The van der Waals surface area contributed by atoms with Crippen LogP contribution in [0.25, 0.3) is 0 Å². The Labute approximate surface area is 181 Å². The zero-order chi connectivity index (χ0) is 21.3. The second kappa shape index (κ2) is 10.9. The van der Waals surface area contributed by atoms with Crippen molar-refractivity contribution in [1.29, 1.82) is 0 Å². The fourth-order valence-corrected chi connectivity index (χ4v) is 4.12. The van der Waals surface area contributed by atoms with Gasteiger partial charge in [0, 0.05) is 24.2 Å². The Hall–Kier alpha value is -2.64. The average Bonchev–Trinajstić information content (AvgIpc) is 3.06. The summed E-state index contributed by atoms with van der Waals surface area (Å²) in [4.78, 5) is 21.3. The van der Waals surface area contributed by atoms with Gasteiger partial charge in [-0.25, -0.2) is 4.98 Å². The van der Waals surface area contributed by atoms with Crippen molar-refractivity contribution in [3.8, 4) is 0 Å². The van der Waals surface area contributed by atoms with Gasteiger partial charge in [-0.15, -0.1) is 0 Å². The van der Waals surface area contributed by atoms with Crippen LogP contribution in [0, 0.1) is 0 Å². The van der Waals surface area contributed by atoms with Gasteiger partial charge in [0.15, 0.2) is 0 Å². The van der Waals surface area contributed by atoms with E-state index in [0.717, 1.165) is 27.0 Å². The molecule has 2 aromatic heterocycles. The lowest BCUT2D eigenvalue weighted by Gasteiger charge is -2.13. The number of rotatable bonds is 10. The highest BCUT2D eigenvalue weighted by Crippen LogP contribution is 2.35. The first-order valence-electron chi connectivity index (χ1n) is 9.96. The van der Waals surface area contributed by atoms with Crippen LogP contribution in [0.1, 0.15) is 43.8 Å². The molecule has 0 amide bonds. The molecule has 6 nitrogen and oxygen atoms in total. The van der Waals surface area contributed by atoms with E-state index in [-0.39, 0.29) is 18.5 Å². The second-order valence-corrected chi connectivity index (χ2v) is 8.19. The maximum atomic E-state index is 10.9. The highest BCUT2D eigenvalue weighted by atomic mass is 32.2. The molecular weight excluding hydrogens is 398 g/mol. The fraction of sp³-hybridized carbons (Fsp3) is 0.348. The Morgan fingerprint density at radius 2 is 1.93 bits per heavy atom. The third kappa shape index (κ3) is 6.18. The number of hydrogen-bond donors (Lipinski definition) is 0. The molecule has 2 heterocycles. The lowest BCUT2D eigenvalue weighted by atomic mass is 10.1. The van der Waals surface area contributed by atoms with Gasteiger partial charge >= 0.3 is 5.97 Å². The summed E-state index contributed by atoms with van der Waals surface area (Å²) in [6.45, 7) is 7.26. The van der Waals surface area contributed by atoms with E-state index in [1.165, 1.54) is 6.92 Å². The summed E-state index contributed by atoms with van der Waals surface area (Å²) < 4.78 is 12.9. The van der Waals surface area contributed by atoms with Crippen molar-refractivity contribution in [1.82, 2.24) is 14.5 Å². The van der Waals surface area contributed by atoms with E-state index in [0.29, 0.717) is 19.8 Å². The summed E-state index contributed by atoms with van der Waals surface area (Å²) in [6.07, 6.45) is 3.65. The van der Waals surface area contributed by atoms with E-state index >= 15 is 0 Å². The predicted octanol–water partition coefficient (Wildman–Crippen LogP) is 4.68. The van der Waals surface area contributed by atoms with Crippen LogP contribution in [0.4, 0.5) is 0 Å². The Kier molecular flexibility index (Phi) is 8.04.